The lowest BCUT2D eigenvalue weighted by Gasteiger charge is -2.48. The van der Waals surface area contributed by atoms with Crippen molar-refractivity contribution in [2.75, 3.05) is 9.80 Å². The first kappa shape index (κ1) is 45.4. The molecule has 0 N–H and O–H groups in total. The van der Waals surface area contributed by atoms with E-state index < -0.39 is 0 Å². The van der Waals surface area contributed by atoms with E-state index in [0.29, 0.717) is 0 Å². The number of para-hydroxylation sites is 1. The average molecular weight is 917 g/mol. The van der Waals surface area contributed by atoms with Gasteiger partial charge in [0.2, 0.25) is 0 Å². The monoisotopic (exact) mass is 917 g/mol. The van der Waals surface area contributed by atoms with Gasteiger partial charge in [-0.05, 0) is 198 Å². The van der Waals surface area contributed by atoms with Crippen molar-refractivity contribution in [3.8, 4) is 22.3 Å². The number of aryl methyl sites for hydroxylation is 2. The standard InChI is InChI=1S/C67H73BN2/c1-40-21-19-20-24-53(40)69-55-28-26-45-46-36-48-49(64(8,9)30-29-63(48,6)7)37-47(46)67(14,15)59(45)61(55)68-52-38-50-51(66(12,13)32-31-65(50,10)11)39-56(52)70(54-27-25-44(33-41(54)2)62(3,4)5)58-35-43(34-57(69)60(58)68)42-22-17-16-18-23-42/h16-28,33-39H,29-32H2,1-15H3. The Morgan fingerprint density at radius 3 is 1.54 bits per heavy atom. The highest BCUT2D eigenvalue weighted by atomic mass is 15.2. The number of hydrogen-bond acceptors (Lipinski definition) is 2. The number of fused-ring (bicyclic) bond motifs is 10. The first-order valence-electron chi connectivity index (χ1n) is 26.5. The molecule has 0 unspecified atom stereocenters. The SMILES string of the molecule is Cc1cc(C(C)(C)C)ccc1N1c2cc3c(cc2B2c4c1cc(-c1ccccc1)cc4N(c1ccccc1C)c1ccc4c(c12)C(C)(C)c1cc2c(cc1-4)C(C)(C)CCC2(C)C)C(C)(C)CCC3(C)C. The first-order valence-corrected chi connectivity index (χ1v) is 26.5. The Labute approximate surface area is 420 Å². The van der Waals surface area contributed by atoms with Crippen LogP contribution >= 0.6 is 0 Å². The van der Waals surface area contributed by atoms with Crippen LogP contribution in [0.15, 0.2) is 121 Å². The Morgan fingerprint density at radius 1 is 0.414 bits per heavy atom. The summed E-state index contributed by atoms with van der Waals surface area (Å²) in [5.74, 6) is 0. The lowest BCUT2D eigenvalue weighted by molar-refractivity contribution is 0.331. The quantitative estimate of drug-likeness (QED) is 0.163. The molecule has 7 aromatic carbocycles. The topological polar surface area (TPSA) is 6.48 Å². The Hall–Kier alpha value is -5.80. The van der Waals surface area contributed by atoms with Crippen molar-refractivity contribution in [2.24, 2.45) is 0 Å². The molecule has 2 heterocycles. The molecule has 0 fully saturated rings. The molecule has 0 amide bonds. The highest BCUT2D eigenvalue weighted by Crippen LogP contribution is 2.57. The summed E-state index contributed by atoms with van der Waals surface area (Å²) in [5, 5.41) is 0. The van der Waals surface area contributed by atoms with Crippen LogP contribution in [0.3, 0.4) is 0 Å². The summed E-state index contributed by atoms with van der Waals surface area (Å²) in [6.45, 7) is 36.7. The number of rotatable bonds is 3. The molecule has 0 radical (unpaired) electrons. The lowest BCUT2D eigenvalue weighted by atomic mass is 9.31. The van der Waals surface area contributed by atoms with Gasteiger partial charge >= 0.3 is 0 Å². The third-order valence-corrected chi connectivity index (χ3v) is 18.6. The van der Waals surface area contributed by atoms with Gasteiger partial charge in [0.25, 0.3) is 6.71 Å². The zero-order chi connectivity index (χ0) is 49.4. The fraction of sp³-hybridized carbons (Fsp3) is 0.373. The van der Waals surface area contributed by atoms with Gasteiger partial charge in [0, 0.05) is 39.5 Å². The molecule has 2 aliphatic heterocycles. The molecule has 0 atom stereocenters. The summed E-state index contributed by atoms with van der Waals surface area (Å²) >= 11 is 0. The Balaban J connectivity index is 1.25. The number of anilines is 6. The molecule has 12 rings (SSSR count). The van der Waals surface area contributed by atoms with Crippen LogP contribution in [0.5, 0.6) is 0 Å². The number of benzene rings is 7. The van der Waals surface area contributed by atoms with Gasteiger partial charge in [-0.1, -0.05) is 169 Å². The second-order valence-electron chi connectivity index (χ2n) is 26.4. The molecule has 3 heteroatoms. The molecule has 2 nitrogen and oxygen atoms in total. The minimum Gasteiger partial charge on any atom is -0.311 e. The Morgan fingerprint density at radius 2 is 0.943 bits per heavy atom. The predicted molar refractivity (Wildman–Crippen MR) is 302 cm³/mol. The largest absolute Gasteiger partial charge is 0.311 e. The molecule has 7 aromatic rings. The van der Waals surface area contributed by atoms with Gasteiger partial charge < -0.3 is 9.80 Å². The third kappa shape index (κ3) is 6.37. The van der Waals surface area contributed by atoms with E-state index in [4.69, 9.17) is 0 Å². The maximum atomic E-state index is 2.73. The van der Waals surface area contributed by atoms with Crippen LogP contribution in [0.25, 0.3) is 22.3 Å². The third-order valence-electron chi connectivity index (χ3n) is 18.6. The highest BCUT2D eigenvalue weighted by molar-refractivity contribution is 7.00. The van der Waals surface area contributed by atoms with Gasteiger partial charge in [0.15, 0.2) is 0 Å². The molecule has 0 saturated heterocycles. The second kappa shape index (κ2) is 14.7. The van der Waals surface area contributed by atoms with Crippen LogP contribution < -0.4 is 26.2 Å². The van der Waals surface area contributed by atoms with Crippen LogP contribution in [-0.4, -0.2) is 6.71 Å². The number of nitrogens with zero attached hydrogens (tertiary/aromatic N) is 2. The molecule has 3 aliphatic carbocycles. The fourth-order valence-corrected chi connectivity index (χ4v) is 14.0. The average Bonchev–Trinajstić information content (AvgIpc) is 3.54. The van der Waals surface area contributed by atoms with Crippen molar-refractivity contribution in [1.82, 2.24) is 0 Å². The maximum Gasteiger partial charge on any atom is 0.252 e. The van der Waals surface area contributed by atoms with Gasteiger partial charge in [0.1, 0.15) is 0 Å². The van der Waals surface area contributed by atoms with Crippen molar-refractivity contribution in [3.05, 3.63) is 171 Å². The molecular weight excluding hydrogens is 844 g/mol. The molecule has 70 heavy (non-hydrogen) atoms. The van der Waals surface area contributed by atoms with E-state index in [1.807, 2.05) is 0 Å². The molecular formula is C67H73BN2. The minimum absolute atomic E-state index is 0.0114. The van der Waals surface area contributed by atoms with E-state index in [-0.39, 0.29) is 39.2 Å². The van der Waals surface area contributed by atoms with Crippen molar-refractivity contribution >= 4 is 57.2 Å². The first-order chi connectivity index (χ1) is 32.9. The van der Waals surface area contributed by atoms with E-state index >= 15 is 0 Å². The summed E-state index contributed by atoms with van der Waals surface area (Å²) in [6.07, 6.45) is 4.74. The van der Waals surface area contributed by atoms with Crippen molar-refractivity contribution in [1.29, 1.82) is 0 Å². The van der Waals surface area contributed by atoms with Crippen LogP contribution in [0.1, 0.15) is 166 Å². The fourth-order valence-electron chi connectivity index (χ4n) is 14.0. The van der Waals surface area contributed by atoms with Crippen LogP contribution in [0.2, 0.25) is 0 Å². The maximum absolute atomic E-state index is 2.73. The van der Waals surface area contributed by atoms with Gasteiger partial charge in [-0.25, -0.2) is 0 Å². The Kier molecular flexibility index (Phi) is 9.49. The summed E-state index contributed by atoms with van der Waals surface area (Å²) in [4.78, 5) is 5.38. The molecule has 0 spiro atoms. The van der Waals surface area contributed by atoms with Gasteiger partial charge in [-0.3, -0.25) is 0 Å². The molecule has 0 saturated carbocycles. The van der Waals surface area contributed by atoms with Crippen LogP contribution in [-0.2, 0) is 32.5 Å². The van der Waals surface area contributed by atoms with Gasteiger partial charge in [-0.15, -0.1) is 0 Å². The Bertz CT molecular complexity index is 3370. The zero-order valence-corrected chi connectivity index (χ0v) is 44.8. The molecule has 0 aromatic heterocycles. The smallest absolute Gasteiger partial charge is 0.252 e. The van der Waals surface area contributed by atoms with Crippen molar-refractivity contribution < 1.29 is 0 Å². The van der Waals surface area contributed by atoms with E-state index in [9.17, 15) is 0 Å². The summed E-state index contributed by atoms with van der Waals surface area (Å²) in [5.41, 5.74) is 30.3. The van der Waals surface area contributed by atoms with Gasteiger partial charge in [0.05, 0.1) is 0 Å². The summed E-state index contributed by atoms with van der Waals surface area (Å²) in [7, 11) is 0. The molecule has 354 valence electrons. The van der Waals surface area contributed by atoms with E-state index in [2.05, 4.69) is 235 Å². The second-order valence-corrected chi connectivity index (χ2v) is 26.4. The normalized spacial score (nSPS) is 19.0. The summed E-state index contributed by atoms with van der Waals surface area (Å²) in [6, 6.07) is 48.4. The van der Waals surface area contributed by atoms with Crippen molar-refractivity contribution in [2.45, 2.75) is 162 Å². The molecule has 0 bridgehead atoms. The minimum atomic E-state index is -0.256. The lowest BCUT2D eigenvalue weighted by Crippen LogP contribution is -2.63. The zero-order valence-electron chi connectivity index (χ0n) is 44.8. The van der Waals surface area contributed by atoms with Gasteiger partial charge in [-0.2, -0.15) is 0 Å². The van der Waals surface area contributed by atoms with Crippen LogP contribution in [0, 0.1) is 13.8 Å². The van der Waals surface area contributed by atoms with Crippen LogP contribution in [0.4, 0.5) is 34.1 Å². The van der Waals surface area contributed by atoms with E-state index in [1.54, 1.807) is 5.56 Å². The number of hydrogen-bond donors (Lipinski definition) is 0. The predicted octanol–water partition coefficient (Wildman–Crippen LogP) is 16.4. The molecule has 5 aliphatic rings. The van der Waals surface area contributed by atoms with E-state index in [1.165, 1.54) is 143 Å². The summed E-state index contributed by atoms with van der Waals surface area (Å²) < 4.78 is 0. The van der Waals surface area contributed by atoms with E-state index in [0.717, 1.165) is 0 Å². The van der Waals surface area contributed by atoms with Crippen molar-refractivity contribution in [3.63, 3.8) is 0 Å². The highest BCUT2D eigenvalue weighted by Gasteiger charge is 2.52.